The van der Waals surface area contributed by atoms with Crippen LogP contribution < -0.4 is 0 Å². The van der Waals surface area contributed by atoms with E-state index < -0.39 is 28.9 Å². The van der Waals surface area contributed by atoms with Gasteiger partial charge in [0.1, 0.15) is 11.3 Å². The van der Waals surface area contributed by atoms with Gasteiger partial charge in [-0.3, -0.25) is 9.59 Å². The molecule has 2 aliphatic heterocycles. The fraction of sp³-hybridized carbons (Fsp3) is 0.833. The van der Waals surface area contributed by atoms with Crippen molar-refractivity contribution in [3.05, 3.63) is 0 Å². The second-order valence-electron chi connectivity index (χ2n) is 5.19. The number of fused-ring (bicyclic) bond motifs is 2. The zero-order chi connectivity index (χ0) is 12.8. The Labute approximate surface area is 100 Å². The summed E-state index contributed by atoms with van der Waals surface area (Å²) in [5, 5.41) is 0. The van der Waals surface area contributed by atoms with Crippen molar-refractivity contribution in [3.63, 3.8) is 0 Å². The highest BCUT2D eigenvalue weighted by Gasteiger charge is 2.70. The molecule has 2 heterocycles. The van der Waals surface area contributed by atoms with Gasteiger partial charge in [-0.05, 0) is 26.7 Å². The molecule has 0 aromatic heterocycles. The van der Waals surface area contributed by atoms with Crippen molar-refractivity contribution < 1.29 is 23.8 Å². The molecule has 2 fully saturated rings. The summed E-state index contributed by atoms with van der Waals surface area (Å²) in [5.41, 5.74) is -1.55. The number of hydrogen-bond acceptors (Lipinski definition) is 5. The quantitative estimate of drug-likeness (QED) is 0.673. The second kappa shape index (κ2) is 3.70. The van der Waals surface area contributed by atoms with E-state index in [2.05, 4.69) is 0 Å². The van der Waals surface area contributed by atoms with Gasteiger partial charge in [0.25, 0.3) is 0 Å². The summed E-state index contributed by atoms with van der Waals surface area (Å²) in [6.07, 6.45) is 1.28. The van der Waals surface area contributed by atoms with Crippen molar-refractivity contribution in [2.75, 3.05) is 14.2 Å². The topological polar surface area (TPSA) is 61.8 Å². The molecular formula is C12H18O5. The van der Waals surface area contributed by atoms with Gasteiger partial charge >= 0.3 is 11.9 Å². The first-order valence-corrected chi connectivity index (χ1v) is 5.74. The van der Waals surface area contributed by atoms with Crippen LogP contribution in [0, 0.1) is 11.3 Å². The summed E-state index contributed by atoms with van der Waals surface area (Å²) in [6.45, 7) is 3.60. The highest BCUT2D eigenvalue weighted by atomic mass is 16.6. The van der Waals surface area contributed by atoms with Gasteiger partial charge in [-0.15, -0.1) is 0 Å². The van der Waals surface area contributed by atoms with Crippen molar-refractivity contribution in [3.8, 4) is 0 Å². The summed E-state index contributed by atoms with van der Waals surface area (Å²) in [7, 11) is 2.66. The number of esters is 2. The third-order valence-electron chi connectivity index (χ3n) is 4.26. The van der Waals surface area contributed by atoms with Crippen LogP contribution in [0.5, 0.6) is 0 Å². The van der Waals surface area contributed by atoms with E-state index in [1.807, 2.05) is 6.92 Å². The lowest BCUT2D eigenvalue weighted by atomic mass is 9.63. The van der Waals surface area contributed by atoms with Crippen LogP contribution in [0.1, 0.15) is 26.7 Å². The second-order valence-corrected chi connectivity index (χ2v) is 5.19. The molecule has 0 saturated carbocycles. The Hall–Kier alpha value is -1.10. The predicted octanol–water partition coefficient (Wildman–Crippen LogP) is 0.906. The molecule has 0 amide bonds. The SMILES string of the molecule is COC(=O)[C@H]1[C@](C)(C(=O)OC)[C@H]2CC[C@@]1(C)O2. The van der Waals surface area contributed by atoms with Gasteiger partial charge in [0.05, 0.1) is 25.9 Å². The largest absolute Gasteiger partial charge is 0.469 e. The van der Waals surface area contributed by atoms with Gasteiger partial charge in [0.15, 0.2) is 0 Å². The van der Waals surface area contributed by atoms with E-state index in [-0.39, 0.29) is 6.10 Å². The maximum absolute atomic E-state index is 12.0. The van der Waals surface area contributed by atoms with E-state index in [4.69, 9.17) is 14.2 Å². The van der Waals surface area contributed by atoms with Gasteiger partial charge in [-0.25, -0.2) is 0 Å². The van der Waals surface area contributed by atoms with E-state index >= 15 is 0 Å². The summed E-state index contributed by atoms with van der Waals surface area (Å²) in [5.74, 6) is -1.39. The molecule has 0 unspecified atom stereocenters. The molecule has 4 atom stereocenters. The summed E-state index contributed by atoms with van der Waals surface area (Å²) in [6, 6.07) is 0. The van der Waals surface area contributed by atoms with Gasteiger partial charge in [-0.2, -0.15) is 0 Å². The van der Waals surface area contributed by atoms with Crippen LogP contribution in [0.3, 0.4) is 0 Å². The highest BCUT2D eigenvalue weighted by Crippen LogP contribution is 2.58. The molecule has 96 valence electrons. The first kappa shape index (κ1) is 12.4. The van der Waals surface area contributed by atoms with Crippen LogP contribution in [-0.4, -0.2) is 37.9 Å². The summed E-state index contributed by atoms with van der Waals surface area (Å²) < 4.78 is 15.5. The van der Waals surface area contributed by atoms with Crippen molar-refractivity contribution in [2.45, 2.75) is 38.4 Å². The molecule has 0 aliphatic carbocycles. The molecule has 0 radical (unpaired) electrons. The van der Waals surface area contributed by atoms with E-state index in [1.54, 1.807) is 6.92 Å². The third-order valence-corrected chi connectivity index (χ3v) is 4.26. The number of carbonyl (C=O) groups is 2. The molecule has 2 rings (SSSR count). The Morgan fingerprint density at radius 2 is 1.88 bits per heavy atom. The molecule has 0 aromatic rings. The first-order valence-electron chi connectivity index (χ1n) is 5.74. The molecule has 2 aliphatic rings. The van der Waals surface area contributed by atoms with Gasteiger partial charge in [-0.1, -0.05) is 0 Å². The van der Waals surface area contributed by atoms with Gasteiger partial charge in [0.2, 0.25) is 0 Å². The van der Waals surface area contributed by atoms with Crippen molar-refractivity contribution in [1.82, 2.24) is 0 Å². The van der Waals surface area contributed by atoms with Crippen LogP contribution in [-0.2, 0) is 23.8 Å². The predicted molar refractivity (Wildman–Crippen MR) is 58.1 cm³/mol. The van der Waals surface area contributed by atoms with Crippen molar-refractivity contribution in [2.24, 2.45) is 11.3 Å². The number of rotatable bonds is 2. The number of carbonyl (C=O) groups excluding carboxylic acids is 2. The van der Waals surface area contributed by atoms with Crippen molar-refractivity contribution >= 4 is 11.9 Å². The molecule has 2 saturated heterocycles. The maximum Gasteiger partial charge on any atom is 0.315 e. The Balaban J connectivity index is 2.44. The standard InChI is InChI=1S/C12H18O5/c1-11-6-5-7(17-11)12(2,10(14)16-4)8(11)9(13)15-3/h7-8H,5-6H2,1-4H3/t7-,8-,11-,12-/m1/s1. The average Bonchev–Trinajstić information content (AvgIpc) is 2.79. The lowest BCUT2D eigenvalue weighted by Crippen LogP contribution is -2.51. The van der Waals surface area contributed by atoms with Crippen LogP contribution in [0.2, 0.25) is 0 Å². The van der Waals surface area contributed by atoms with Crippen LogP contribution in [0.15, 0.2) is 0 Å². The zero-order valence-corrected chi connectivity index (χ0v) is 10.6. The third kappa shape index (κ3) is 1.41. The lowest BCUT2D eigenvalue weighted by Gasteiger charge is -2.37. The average molecular weight is 242 g/mol. The molecular weight excluding hydrogens is 224 g/mol. The number of methoxy groups -OCH3 is 2. The normalized spacial score (nSPS) is 43.5. The Morgan fingerprint density at radius 3 is 2.41 bits per heavy atom. The smallest absolute Gasteiger partial charge is 0.315 e. The van der Waals surface area contributed by atoms with E-state index in [0.717, 1.165) is 12.8 Å². The molecule has 0 spiro atoms. The van der Waals surface area contributed by atoms with Gasteiger partial charge < -0.3 is 14.2 Å². The molecule has 0 N–H and O–H groups in total. The van der Waals surface area contributed by atoms with Crippen LogP contribution in [0.4, 0.5) is 0 Å². The van der Waals surface area contributed by atoms with E-state index in [9.17, 15) is 9.59 Å². The minimum Gasteiger partial charge on any atom is -0.469 e. The Morgan fingerprint density at radius 1 is 1.24 bits per heavy atom. The summed E-state index contributed by atoms with van der Waals surface area (Å²) >= 11 is 0. The van der Waals surface area contributed by atoms with Crippen LogP contribution >= 0.6 is 0 Å². The minimum atomic E-state index is -0.936. The highest BCUT2D eigenvalue weighted by molar-refractivity contribution is 5.87. The van der Waals surface area contributed by atoms with Crippen LogP contribution in [0.25, 0.3) is 0 Å². The monoisotopic (exact) mass is 242 g/mol. The Bertz CT molecular complexity index is 366. The number of ether oxygens (including phenoxy) is 3. The van der Waals surface area contributed by atoms with Crippen molar-refractivity contribution in [1.29, 1.82) is 0 Å². The first-order chi connectivity index (χ1) is 7.90. The molecule has 0 aromatic carbocycles. The minimum absolute atomic E-state index is 0.260. The maximum atomic E-state index is 12.0. The Kier molecular flexibility index (Phi) is 2.69. The fourth-order valence-electron chi connectivity index (χ4n) is 3.40. The molecule has 5 nitrogen and oxygen atoms in total. The lowest BCUT2D eigenvalue weighted by molar-refractivity contribution is -0.167. The molecule has 5 heteroatoms. The van der Waals surface area contributed by atoms with Gasteiger partial charge in [0, 0.05) is 0 Å². The zero-order valence-electron chi connectivity index (χ0n) is 10.6. The fourth-order valence-corrected chi connectivity index (χ4v) is 3.40. The molecule has 2 bridgehead atoms. The van der Waals surface area contributed by atoms with E-state index in [1.165, 1.54) is 14.2 Å². The summed E-state index contributed by atoms with van der Waals surface area (Å²) in [4.78, 5) is 23.9. The van der Waals surface area contributed by atoms with E-state index in [0.29, 0.717) is 0 Å². The molecule has 17 heavy (non-hydrogen) atoms. The number of hydrogen-bond donors (Lipinski definition) is 0.